The molecule has 3 aliphatic rings. The molecule has 3 heterocycles. The van der Waals surface area contributed by atoms with Crippen molar-refractivity contribution in [3.05, 3.63) is 70.9 Å². The van der Waals surface area contributed by atoms with E-state index in [0.29, 0.717) is 10.7 Å². The second kappa shape index (κ2) is 6.46. The maximum atomic E-state index is 13.5. The lowest BCUT2D eigenvalue weighted by atomic mass is 9.84. The molecule has 2 saturated heterocycles. The zero-order chi connectivity index (χ0) is 20.3. The fourth-order valence-corrected chi connectivity index (χ4v) is 5.04. The molecular weight excluding hydrogens is 392 g/mol. The highest BCUT2D eigenvalue weighted by molar-refractivity contribution is 6.36. The number of nitrogens with zero attached hydrogens (tertiary/aromatic N) is 2. The van der Waals surface area contributed by atoms with Gasteiger partial charge >= 0.3 is 5.97 Å². The lowest BCUT2D eigenvalue weighted by Gasteiger charge is -2.34. The van der Waals surface area contributed by atoms with Gasteiger partial charge in [-0.1, -0.05) is 48.0 Å². The minimum atomic E-state index is -0.872. The van der Waals surface area contributed by atoms with Crippen molar-refractivity contribution in [3.8, 4) is 0 Å². The molecule has 29 heavy (non-hydrogen) atoms. The summed E-state index contributed by atoms with van der Waals surface area (Å²) in [5, 5.41) is 0.310. The minimum absolute atomic E-state index is 0.310. The number of amides is 2. The topological polar surface area (TPSA) is 66.9 Å². The number of halogens is 1. The molecule has 4 atom stereocenters. The average molecular weight is 409 g/mol. The third-order valence-corrected chi connectivity index (χ3v) is 6.32. The Balaban J connectivity index is 1.67. The first-order valence-corrected chi connectivity index (χ1v) is 9.67. The predicted octanol–water partition coefficient (Wildman–Crippen LogP) is 3.03. The van der Waals surface area contributed by atoms with Gasteiger partial charge < -0.3 is 9.64 Å². The Labute approximate surface area is 172 Å². The quantitative estimate of drug-likeness (QED) is 0.564. The van der Waals surface area contributed by atoms with Crippen molar-refractivity contribution in [1.29, 1.82) is 0 Å². The number of ether oxygens (including phenoxy) is 1. The van der Waals surface area contributed by atoms with Crippen LogP contribution in [0.1, 0.15) is 17.2 Å². The highest BCUT2D eigenvalue weighted by Gasteiger charge is 2.65. The van der Waals surface area contributed by atoms with Crippen molar-refractivity contribution in [3.63, 3.8) is 0 Å². The molecule has 146 valence electrons. The van der Waals surface area contributed by atoms with Crippen molar-refractivity contribution in [1.82, 2.24) is 4.90 Å². The Morgan fingerprint density at radius 3 is 2.45 bits per heavy atom. The SMILES string of the molecule is COC(=O)[C@@H]1[C@@H]2C(=O)N(c3ccccc3Cl)C(=O)[C@@H]2[C@H]2c3ccccc3C=CN12. The largest absolute Gasteiger partial charge is 0.467 e. The van der Waals surface area contributed by atoms with Crippen LogP contribution in [-0.2, 0) is 19.1 Å². The summed E-state index contributed by atoms with van der Waals surface area (Å²) >= 11 is 6.28. The number of carbonyl (C=O) groups is 3. The molecule has 0 unspecified atom stereocenters. The molecule has 0 saturated carbocycles. The number of para-hydroxylation sites is 1. The van der Waals surface area contributed by atoms with Gasteiger partial charge in [-0.05, 0) is 29.3 Å². The summed E-state index contributed by atoms with van der Waals surface area (Å²) in [5.74, 6) is -2.85. The fraction of sp³-hybridized carbons (Fsp3) is 0.227. The van der Waals surface area contributed by atoms with Crippen LogP contribution in [0.3, 0.4) is 0 Å². The molecule has 2 aromatic rings. The number of fused-ring (bicyclic) bond motifs is 5. The van der Waals surface area contributed by atoms with E-state index in [0.717, 1.165) is 16.0 Å². The Bertz CT molecular complexity index is 1080. The van der Waals surface area contributed by atoms with Gasteiger partial charge in [0.05, 0.1) is 35.7 Å². The van der Waals surface area contributed by atoms with E-state index in [1.807, 2.05) is 30.3 Å². The summed E-state index contributed by atoms with van der Waals surface area (Å²) in [6, 6.07) is 13.1. The molecule has 6 nitrogen and oxygen atoms in total. The smallest absolute Gasteiger partial charge is 0.329 e. The van der Waals surface area contributed by atoms with Crippen LogP contribution in [-0.4, -0.2) is 35.8 Å². The number of benzene rings is 2. The van der Waals surface area contributed by atoms with Gasteiger partial charge in [-0.2, -0.15) is 0 Å². The van der Waals surface area contributed by atoms with E-state index >= 15 is 0 Å². The molecule has 2 aromatic carbocycles. The van der Waals surface area contributed by atoms with E-state index in [2.05, 4.69) is 0 Å². The van der Waals surface area contributed by atoms with Crippen molar-refractivity contribution in [2.75, 3.05) is 12.0 Å². The molecule has 7 heteroatoms. The van der Waals surface area contributed by atoms with Gasteiger partial charge in [0.15, 0.2) is 0 Å². The summed E-state index contributed by atoms with van der Waals surface area (Å²) in [7, 11) is 1.29. The number of rotatable bonds is 2. The van der Waals surface area contributed by atoms with E-state index in [1.54, 1.807) is 35.4 Å². The third-order valence-electron chi connectivity index (χ3n) is 6.00. The van der Waals surface area contributed by atoms with Crippen LogP contribution in [0.2, 0.25) is 5.02 Å². The number of hydrogen-bond acceptors (Lipinski definition) is 5. The predicted molar refractivity (Wildman–Crippen MR) is 107 cm³/mol. The number of anilines is 1. The number of hydrogen-bond donors (Lipinski definition) is 0. The summed E-state index contributed by atoms with van der Waals surface area (Å²) in [6.07, 6.45) is 3.68. The molecule has 0 aromatic heterocycles. The normalized spacial score (nSPS) is 27.0. The molecule has 0 aliphatic carbocycles. The standard InChI is InChI=1S/C22H17ClN2O4/c1-29-22(28)19-17-16(18-13-7-3-2-6-12(13)10-11-24(18)19)20(26)25(21(17)27)15-9-5-4-8-14(15)23/h2-11,16-19H,1H3/t16-,17+,18+,19-/m0/s1. The van der Waals surface area contributed by atoms with Crippen LogP contribution in [0.4, 0.5) is 5.69 Å². The van der Waals surface area contributed by atoms with Gasteiger partial charge in [-0.25, -0.2) is 9.69 Å². The highest BCUT2D eigenvalue weighted by atomic mass is 35.5. The van der Waals surface area contributed by atoms with Crippen LogP contribution < -0.4 is 4.90 Å². The number of imide groups is 1. The van der Waals surface area contributed by atoms with Crippen LogP contribution in [0.5, 0.6) is 0 Å². The van der Waals surface area contributed by atoms with Crippen molar-refractivity contribution >= 4 is 41.1 Å². The van der Waals surface area contributed by atoms with Crippen LogP contribution in [0.15, 0.2) is 54.7 Å². The number of methoxy groups -OCH3 is 1. The molecule has 3 aliphatic heterocycles. The molecule has 0 bridgehead atoms. The van der Waals surface area contributed by atoms with E-state index < -0.39 is 35.8 Å². The molecule has 0 spiro atoms. The van der Waals surface area contributed by atoms with Crippen molar-refractivity contribution < 1.29 is 19.1 Å². The highest BCUT2D eigenvalue weighted by Crippen LogP contribution is 2.53. The zero-order valence-corrected chi connectivity index (χ0v) is 16.2. The molecule has 0 N–H and O–H groups in total. The first-order chi connectivity index (χ1) is 14.0. The Morgan fingerprint density at radius 1 is 1.00 bits per heavy atom. The van der Waals surface area contributed by atoms with E-state index in [1.165, 1.54) is 7.11 Å². The molecule has 2 amide bonds. The number of esters is 1. The zero-order valence-electron chi connectivity index (χ0n) is 15.5. The summed E-state index contributed by atoms with van der Waals surface area (Å²) in [5.41, 5.74) is 2.22. The molecule has 0 radical (unpaired) electrons. The summed E-state index contributed by atoms with van der Waals surface area (Å²) < 4.78 is 5.00. The van der Waals surface area contributed by atoms with E-state index in [-0.39, 0.29) is 5.91 Å². The van der Waals surface area contributed by atoms with Gasteiger partial charge in [0, 0.05) is 6.20 Å². The summed E-state index contributed by atoms with van der Waals surface area (Å²) in [4.78, 5) is 42.5. The monoisotopic (exact) mass is 408 g/mol. The average Bonchev–Trinajstić information content (AvgIpc) is 3.21. The Kier molecular flexibility index (Phi) is 3.99. The van der Waals surface area contributed by atoms with Gasteiger partial charge in [0.2, 0.25) is 11.8 Å². The Hall–Kier alpha value is -3.12. The third kappa shape index (κ3) is 2.39. The van der Waals surface area contributed by atoms with Gasteiger partial charge in [0.1, 0.15) is 6.04 Å². The first kappa shape index (κ1) is 17.9. The lowest BCUT2D eigenvalue weighted by Crippen LogP contribution is -2.44. The molecular formula is C22H17ClN2O4. The second-order valence-electron chi connectivity index (χ2n) is 7.32. The van der Waals surface area contributed by atoms with Gasteiger partial charge in [-0.3, -0.25) is 9.59 Å². The van der Waals surface area contributed by atoms with Gasteiger partial charge in [0.25, 0.3) is 0 Å². The fourth-order valence-electron chi connectivity index (χ4n) is 4.82. The minimum Gasteiger partial charge on any atom is -0.467 e. The second-order valence-corrected chi connectivity index (χ2v) is 7.73. The molecule has 2 fully saturated rings. The molecule has 5 rings (SSSR count). The van der Waals surface area contributed by atoms with Crippen LogP contribution in [0, 0.1) is 11.8 Å². The lowest BCUT2D eigenvalue weighted by molar-refractivity contribution is -0.148. The summed E-state index contributed by atoms with van der Waals surface area (Å²) in [6.45, 7) is 0. The van der Waals surface area contributed by atoms with Gasteiger partial charge in [-0.15, -0.1) is 0 Å². The van der Waals surface area contributed by atoms with Crippen molar-refractivity contribution in [2.45, 2.75) is 12.1 Å². The number of carbonyl (C=O) groups excluding carboxylic acids is 3. The first-order valence-electron chi connectivity index (χ1n) is 9.29. The maximum Gasteiger partial charge on any atom is 0.329 e. The Morgan fingerprint density at radius 2 is 1.69 bits per heavy atom. The maximum absolute atomic E-state index is 13.5. The van der Waals surface area contributed by atoms with E-state index in [4.69, 9.17) is 16.3 Å². The van der Waals surface area contributed by atoms with Crippen LogP contribution >= 0.6 is 11.6 Å². The van der Waals surface area contributed by atoms with Crippen LogP contribution in [0.25, 0.3) is 6.08 Å². The van der Waals surface area contributed by atoms with E-state index in [9.17, 15) is 14.4 Å². The van der Waals surface area contributed by atoms with Crippen molar-refractivity contribution in [2.24, 2.45) is 11.8 Å².